The lowest BCUT2D eigenvalue weighted by atomic mass is 10.1. The summed E-state index contributed by atoms with van der Waals surface area (Å²) >= 11 is 6.04. The molecule has 1 aromatic carbocycles. The van der Waals surface area contributed by atoms with Crippen molar-refractivity contribution < 1.29 is 0 Å². The van der Waals surface area contributed by atoms with Gasteiger partial charge in [0, 0.05) is 29.3 Å². The van der Waals surface area contributed by atoms with E-state index in [0.717, 1.165) is 29.4 Å². The second-order valence-electron chi connectivity index (χ2n) is 5.07. The van der Waals surface area contributed by atoms with Crippen molar-refractivity contribution in [2.24, 2.45) is 0 Å². The average Bonchev–Trinajstić information content (AvgIpc) is 2.17. The van der Waals surface area contributed by atoms with E-state index in [1.807, 2.05) is 19.1 Å². The van der Waals surface area contributed by atoms with E-state index in [9.17, 15) is 0 Å². The van der Waals surface area contributed by atoms with Crippen LogP contribution in [0.3, 0.4) is 0 Å². The first-order chi connectivity index (χ1) is 7.38. The van der Waals surface area contributed by atoms with Crippen molar-refractivity contribution in [2.45, 2.75) is 33.2 Å². The van der Waals surface area contributed by atoms with Gasteiger partial charge in [0.05, 0.1) is 0 Å². The maximum absolute atomic E-state index is 6.04. The largest absolute Gasteiger partial charge is 0.384 e. The second kappa shape index (κ2) is 5.55. The van der Waals surface area contributed by atoms with Crippen molar-refractivity contribution in [1.82, 2.24) is 5.32 Å². The van der Waals surface area contributed by atoms with Crippen LogP contribution in [-0.4, -0.2) is 18.6 Å². The highest BCUT2D eigenvalue weighted by atomic mass is 35.5. The fourth-order valence-corrected chi connectivity index (χ4v) is 1.53. The van der Waals surface area contributed by atoms with Gasteiger partial charge in [0.2, 0.25) is 0 Å². The number of hydrogen-bond acceptors (Lipinski definition) is 2. The molecule has 0 saturated carbocycles. The van der Waals surface area contributed by atoms with E-state index in [-0.39, 0.29) is 5.54 Å². The molecule has 1 aromatic rings. The lowest BCUT2D eigenvalue weighted by Crippen LogP contribution is -2.38. The maximum Gasteiger partial charge on any atom is 0.0455 e. The van der Waals surface area contributed by atoms with Gasteiger partial charge in [-0.15, -0.1) is 0 Å². The van der Waals surface area contributed by atoms with Crippen molar-refractivity contribution in [3.05, 3.63) is 28.8 Å². The summed E-state index contributed by atoms with van der Waals surface area (Å²) in [6.07, 6.45) is 0. The minimum atomic E-state index is 0.173. The molecule has 0 heterocycles. The summed E-state index contributed by atoms with van der Waals surface area (Å²) in [5.41, 5.74) is 2.36. The molecule has 2 nitrogen and oxygen atoms in total. The number of hydrogen-bond donors (Lipinski definition) is 2. The van der Waals surface area contributed by atoms with E-state index < -0.39 is 0 Å². The van der Waals surface area contributed by atoms with E-state index in [1.54, 1.807) is 0 Å². The van der Waals surface area contributed by atoms with Gasteiger partial charge in [-0.25, -0.2) is 0 Å². The summed E-state index contributed by atoms with van der Waals surface area (Å²) < 4.78 is 0. The number of anilines is 1. The minimum Gasteiger partial charge on any atom is -0.384 e. The summed E-state index contributed by atoms with van der Waals surface area (Å²) in [6, 6.07) is 6.05. The van der Waals surface area contributed by atoms with Crippen LogP contribution in [0.15, 0.2) is 18.2 Å². The van der Waals surface area contributed by atoms with Gasteiger partial charge in [0.1, 0.15) is 0 Å². The van der Waals surface area contributed by atoms with Crippen LogP contribution in [0.1, 0.15) is 26.3 Å². The number of rotatable bonds is 4. The molecule has 0 atom stereocenters. The Morgan fingerprint density at radius 3 is 2.44 bits per heavy atom. The highest BCUT2D eigenvalue weighted by Gasteiger charge is 2.06. The van der Waals surface area contributed by atoms with Gasteiger partial charge in [-0.2, -0.15) is 0 Å². The molecule has 0 amide bonds. The van der Waals surface area contributed by atoms with Crippen LogP contribution in [0.4, 0.5) is 5.69 Å². The Balaban J connectivity index is 2.35. The molecular weight excluding hydrogens is 220 g/mol. The summed E-state index contributed by atoms with van der Waals surface area (Å²) in [4.78, 5) is 0. The van der Waals surface area contributed by atoms with Gasteiger partial charge >= 0.3 is 0 Å². The highest BCUT2D eigenvalue weighted by molar-refractivity contribution is 6.31. The van der Waals surface area contributed by atoms with Crippen LogP contribution < -0.4 is 10.6 Å². The van der Waals surface area contributed by atoms with Gasteiger partial charge in [-0.05, 0) is 45.4 Å². The molecule has 16 heavy (non-hydrogen) atoms. The summed E-state index contributed by atoms with van der Waals surface area (Å²) in [7, 11) is 0. The van der Waals surface area contributed by atoms with Crippen molar-refractivity contribution in [2.75, 3.05) is 18.4 Å². The molecule has 0 saturated heterocycles. The topological polar surface area (TPSA) is 24.1 Å². The predicted octanol–water partition coefficient (Wildman–Crippen LogP) is 3.45. The Morgan fingerprint density at radius 1 is 1.19 bits per heavy atom. The van der Waals surface area contributed by atoms with Gasteiger partial charge in [0.15, 0.2) is 0 Å². The fraction of sp³-hybridized carbons (Fsp3) is 0.538. The SMILES string of the molecule is Cc1ccc(NCCNC(C)(C)C)cc1Cl. The molecule has 0 bridgehead atoms. The minimum absolute atomic E-state index is 0.173. The maximum atomic E-state index is 6.04. The Labute approximate surface area is 103 Å². The third-order valence-electron chi connectivity index (χ3n) is 2.28. The smallest absolute Gasteiger partial charge is 0.0455 e. The zero-order valence-corrected chi connectivity index (χ0v) is 11.3. The van der Waals surface area contributed by atoms with E-state index >= 15 is 0 Å². The van der Waals surface area contributed by atoms with Crippen molar-refractivity contribution in [1.29, 1.82) is 0 Å². The molecule has 0 fully saturated rings. The van der Waals surface area contributed by atoms with E-state index in [0.29, 0.717) is 0 Å². The van der Waals surface area contributed by atoms with Crippen LogP contribution in [-0.2, 0) is 0 Å². The molecule has 90 valence electrons. The Hall–Kier alpha value is -0.730. The first-order valence-electron chi connectivity index (χ1n) is 5.63. The molecule has 0 unspecified atom stereocenters. The molecule has 0 radical (unpaired) electrons. The number of halogens is 1. The third-order valence-corrected chi connectivity index (χ3v) is 2.69. The van der Waals surface area contributed by atoms with Crippen LogP contribution in [0.5, 0.6) is 0 Å². The zero-order valence-electron chi connectivity index (χ0n) is 10.5. The number of benzene rings is 1. The third kappa shape index (κ3) is 4.86. The molecular formula is C13H21ClN2. The summed E-state index contributed by atoms with van der Waals surface area (Å²) in [6.45, 7) is 10.3. The van der Waals surface area contributed by atoms with Gasteiger partial charge in [-0.3, -0.25) is 0 Å². The van der Waals surface area contributed by atoms with Crippen molar-refractivity contribution in [3.63, 3.8) is 0 Å². The average molecular weight is 241 g/mol. The number of aryl methyl sites for hydroxylation is 1. The predicted molar refractivity (Wildman–Crippen MR) is 72.4 cm³/mol. The van der Waals surface area contributed by atoms with Gasteiger partial charge in [0.25, 0.3) is 0 Å². The van der Waals surface area contributed by atoms with Gasteiger partial charge < -0.3 is 10.6 Å². The standard InChI is InChI=1S/C13H21ClN2/c1-10-5-6-11(9-12(10)14)15-7-8-16-13(2,3)4/h5-6,9,15-16H,7-8H2,1-4H3. The van der Waals surface area contributed by atoms with Gasteiger partial charge in [-0.1, -0.05) is 17.7 Å². The normalized spacial score (nSPS) is 11.6. The monoisotopic (exact) mass is 240 g/mol. The van der Waals surface area contributed by atoms with E-state index in [2.05, 4.69) is 37.5 Å². The number of nitrogens with one attached hydrogen (secondary N) is 2. The van der Waals surface area contributed by atoms with Crippen LogP contribution in [0.2, 0.25) is 5.02 Å². The van der Waals surface area contributed by atoms with Crippen LogP contribution in [0.25, 0.3) is 0 Å². The molecule has 3 heteroatoms. The molecule has 2 N–H and O–H groups in total. The summed E-state index contributed by atoms with van der Waals surface area (Å²) in [5, 5.41) is 7.57. The molecule has 0 aliphatic rings. The van der Waals surface area contributed by atoms with Crippen molar-refractivity contribution >= 4 is 17.3 Å². The van der Waals surface area contributed by atoms with Crippen LogP contribution in [0, 0.1) is 6.92 Å². The molecule has 0 aliphatic heterocycles. The Morgan fingerprint density at radius 2 is 1.88 bits per heavy atom. The fourth-order valence-electron chi connectivity index (χ4n) is 1.35. The molecule has 1 rings (SSSR count). The molecule has 0 spiro atoms. The Bertz CT molecular complexity index is 342. The first kappa shape index (κ1) is 13.3. The highest BCUT2D eigenvalue weighted by Crippen LogP contribution is 2.19. The molecule has 0 aromatic heterocycles. The van der Waals surface area contributed by atoms with Crippen LogP contribution >= 0.6 is 11.6 Å². The lowest BCUT2D eigenvalue weighted by molar-refractivity contribution is 0.435. The first-order valence-corrected chi connectivity index (χ1v) is 6.01. The zero-order chi connectivity index (χ0) is 12.2. The lowest BCUT2D eigenvalue weighted by Gasteiger charge is -2.20. The summed E-state index contributed by atoms with van der Waals surface area (Å²) in [5.74, 6) is 0. The van der Waals surface area contributed by atoms with Crippen molar-refractivity contribution in [3.8, 4) is 0 Å². The Kier molecular flexibility index (Phi) is 4.63. The quantitative estimate of drug-likeness (QED) is 0.788. The van der Waals surface area contributed by atoms with E-state index in [1.165, 1.54) is 0 Å². The molecule has 0 aliphatic carbocycles. The van der Waals surface area contributed by atoms with E-state index in [4.69, 9.17) is 11.6 Å². The second-order valence-corrected chi connectivity index (χ2v) is 5.47.